The van der Waals surface area contributed by atoms with Gasteiger partial charge in [-0.15, -0.1) is 0 Å². The number of aliphatic hydroxyl groups is 1. The summed E-state index contributed by atoms with van der Waals surface area (Å²) in [5.41, 5.74) is -0.428. The monoisotopic (exact) mass is 287 g/mol. The van der Waals surface area contributed by atoms with Crippen LogP contribution in [0.3, 0.4) is 0 Å². The second-order valence-corrected chi connectivity index (χ2v) is 5.64. The Bertz CT molecular complexity index is 466. The van der Waals surface area contributed by atoms with Crippen LogP contribution in [0.2, 0.25) is 0 Å². The number of rotatable bonds is 4. The molecule has 0 saturated heterocycles. The van der Waals surface area contributed by atoms with Gasteiger partial charge in [-0.25, -0.2) is 13.6 Å². The Morgan fingerprint density at radius 3 is 2.10 bits per heavy atom. The molecule has 0 aliphatic rings. The van der Waals surface area contributed by atoms with Gasteiger partial charge >= 0.3 is 6.09 Å². The van der Waals surface area contributed by atoms with Crippen LogP contribution in [0, 0.1) is 11.6 Å². The maximum Gasteiger partial charge on any atom is 0.408 e. The predicted molar refractivity (Wildman–Crippen MR) is 70.6 cm³/mol. The molecule has 0 unspecified atom stereocenters. The number of hydrogen-bond acceptors (Lipinski definition) is 2. The van der Waals surface area contributed by atoms with Gasteiger partial charge in [0.15, 0.2) is 0 Å². The van der Waals surface area contributed by atoms with Crippen LogP contribution in [-0.2, 0) is 6.42 Å². The van der Waals surface area contributed by atoms with Crippen molar-refractivity contribution in [1.29, 1.82) is 0 Å². The van der Waals surface area contributed by atoms with Crippen molar-refractivity contribution in [3.8, 4) is 0 Å². The van der Waals surface area contributed by atoms with Crippen LogP contribution in [0.25, 0.3) is 0 Å². The summed E-state index contributed by atoms with van der Waals surface area (Å²) in [5.74, 6) is -1.45. The third kappa shape index (κ3) is 4.16. The number of carboxylic acid groups (broad SMARTS) is 1. The van der Waals surface area contributed by atoms with Crippen molar-refractivity contribution in [3.63, 3.8) is 0 Å². The molecule has 0 saturated carbocycles. The molecular formula is C14H19F2NO3. The third-order valence-electron chi connectivity index (χ3n) is 2.90. The average Bonchev–Trinajstić information content (AvgIpc) is 2.23. The Morgan fingerprint density at radius 1 is 1.25 bits per heavy atom. The fourth-order valence-corrected chi connectivity index (χ4v) is 2.23. The van der Waals surface area contributed by atoms with Crippen LogP contribution in [-0.4, -0.2) is 39.4 Å². The summed E-state index contributed by atoms with van der Waals surface area (Å²) in [5, 5.41) is 18.7. The topological polar surface area (TPSA) is 60.8 Å². The largest absolute Gasteiger partial charge is 0.465 e. The Morgan fingerprint density at radius 2 is 1.75 bits per heavy atom. The minimum absolute atomic E-state index is 0.0365. The Labute approximate surface area is 116 Å². The van der Waals surface area contributed by atoms with Crippen molar-refractivity contribution in [2.24, 2.45) is 0 Å². The van der Waals surface area contributed by atoms with E-state index in [0.29, 0.717) is 5.56 Å². The molecule has 112 valence electrons. The van der Waals surface area contributed by atoms with E-state index in [1.807, 2.05) is 0 Å². The van der Waals surface area contributed by atoms with Crippen molar-refractivity contribution in [2.45, 2.75) is 38.8 Å². The molecule has 20 heavy (non-hydrogen) atoms. The Hall–Kier alpha value is -1.69. The van der Waals surface area contributed by atoms with Crippen molar-refractivity contribution in [1.82, 2.24) is 4.90 Å². The van der Waals surface area contributed by atoms with Gasteiger partial charge in [0.05, 0.1) is 12.6 Å². The minimum atomic E-state index is -1.19. The first-order chi connectivity index (χ1) is 9.15. The van der Waals surface area contributed by atoms with E-state index in [4.69, 9.17) is 0 Å². The quantitative estimate of drug-likeness (QED) is 0.895. The summed E-state index contributed by atoms with van der Waals surface area (Å²) < 4.78 is 26.3. The molecule has 1 atom stereocenters. The fourth-order valence-electron chi connectivity index (χ4n) is 2.23. The molecule has 0 heterocycles. The molecule has 1 aromatic rings. The van der Waals surface area contributed by atoms with Crippen LogP contribution in [0.15, 0.2) is 18.2 Å². The molecule has 6 heteroatoms. The van der Waals surface area contributed by atoms with E-state index in [9.17, 15) is 23.8 Å². The van der Waals surface area contributed by atoms with E-state index >= 15 is 0 Å². The van der Waals surface area contributed by atoms with Gasteiger partial charge in [-0.3, -0.25) is 4.90 Å². The van der Waals surface area contributed by atoms with Crippen LogP contribution in [0.4, 0.5) is 13.6 Å². The Kier molecular flexibility index (Phi) is 5.05. The molecule has 4 nitrogen and oxygen atoms in total. The lowest BCUT2D eigenvalue weighted by Gasteiger charge is -2.39. The van der Waals surface area contributed by atoms with Crippen molar-refractivity contribution >= 4 is 6.09 Å². The summed E-state index contributed by atoms with van der Waals surface area (Å²) in [6.07, 6.45) is -1.15. The third-order valence-corrected chi connectivity index (χ3v) is 2.90. The van der Waals surface area contributed by atoms with E-state index in [-0.39, 0.29) is 6.42 Å². The SMILES string of the molecule is CC(C)(C)N(C(=O)O)[C@H](CO)Cc1cc(F)cc(F)c1. The summed E-state index contributed by atoms with van der Waals surface area (Å²) in [6.45, 7) is 4.64. The highest BCUT2D eigenvalue weighted by molar-refractivity contribution is 5.66. The highest BCUT2D eigenvalue weighted by Gasteiger charge is 2.33. The van der Waals surface area contributed by atoms with Gasteiger partial charge in [0, 0.05) is 11.6 Å². The maximum absolute atomic E-state index is 13.1. The highest BCUT2D eigenvalue weighted by Crippen LogP contribution is 2.21. The van der Waals surface area contributed by atoms with E-state index in [1.54, 1.807) is 20.8 Å². The van der Waals surface area contributed by atoms with Crippen molar-refractivity contribution < 1.29 is 23.8 Å². The molecule has 1 aromatic carbocycles. The molecule has 0 radical (unpaired) electrons. The predicted octanol–water partition coefficient (Wildman–Crippen LogP) is 2.65. The van der Waals surface area contributed by atoms with Crippen LogP contribution in [0.5, 0.6) is 0 Å². The standard InChI is InChI=1S/C14H19F2NO3/c1-14(2,3)17(13(19)20)12(8-18)6-9-4-10(15)7-11(16)5-9/h4-5,7,12,18H,6,8H2,1-3H3,(H,19,20)/t12-/m0/s1. The van der Waals surface area contributed by atoms with Gasteiger partial charge in [0.1, 0.15) is 11.6 Å². The fraction of sp³-hybridized carbons (Fsp3) is 0.500. The van der Waals surface area contributed by atoms with Crippen LogP contribution in [0.1, 0.15) is 26.3 Å². The van der Waals surface area contributed by atoms with E-state index < -0.39 is 35.9 Å². The zero-order valence-corrected chi connectivity index (χ0v) is 11.7. The maximum atomic E-state index is 13.1. The van der Waals surface area contributed by atoms with Crippen molar-refractivity contribution in [2.75, 3.05) is 6.61 Å². The normalized spacial score (nSPS) is 13.1. The molecule has 0 aromatic heterocycles. The van der Waals surface area contributed by atoms with Gasteiger partial charge in [0.2, 0.25) is 0 Å². The highest BCUT2D eigenvalue weighted by atomic mass is 19.1. The summed E-state index contributed by atoms with van der Waals surface area (Å²) in [4.78, 5) is 12.4. The Balaban J connectivity index is 3.03. The second kappa shape index (κ2) is 6.17. The summed E-state index contributed by atoms with van der Waals surface area (Å²) >= 11 is 0. The zero-order chi connectivity index (χ0) is 15.5. The van der Waals surface area contributed by atoms with E-state index in [1.165, 1.54) is 0 Å². The van der Waals surface area contributed by atoms with Crippen LogP contribution < -0.4 is 0 Å². The van der Waals surface area contributed by atoms with Gasteiger partial charge in [-0.05, 0) is 44.9 Å². The number of halogens is 2. The second-order valence-electron chi connectivity index (χ2n) is 5.64. The van der Waals surface area contributed by atoms with Gasteiger partial charge < -0.3 is 10.2 Å². The summed E-state index contributed by atoms with van der Waals surface area (Å²) in [7, 11) is 0. The number of hydrogen-bond donors (Lipinski definition) is 2. The first kappa shape index (κ1) is 16.4. The van der Waals surface area contributed by atoms with Gasteiger partial charge in [-0.2, -0.15) is 0 Å². The smallest absolute Gasteiger partial charge is 0.408 e. The number of aliphatic hydroxyl groups excluding tert-OH is 1. The molecule has 0 fully saturated rings. The number of carbonyl (C=O) groups is 1. The molecule has 0 aliphatic carbocycles. The average molecular weight is 287 g/mol. The minimum Gasteiger partial charge on any atom is -0.465 e. The molecule has 2 N–H and O–H groups in total. The van der Waals surface area contributed by atoms with Gasteiger partial charge in [-0.1, -0.05) is 0 Å². The van der Waals surface area contributed by atoms with Crippen LogP contribution >= 0.6 is 0 Å². The molecule has 1 rings (SSSR count). The zero-order valence-electron chi connectivity index (χ0n) is 11.7. The molecule has 1 amide bonds. The number of benzene rings is 1. The molecule has 0 aliphatic heterocycles. The van der Waals surface area contributed by atoms with Gasteiger partial charge in [0.25, 0.3) is 0 Å². The lowest BCUT2D eigenvalue weighted by atomic mass is 9.99. The molecule has 0 spiro atoms. The first-order valence-electron chi connectivity index (χ1n) is 6.23. The number of amides is 1. The lowest BCUT2D eigenvalue weighted by molar-refractivity contribution is 0.0465. The molecular weight excluding hydrogens is 268 g/mol. The van der Waals surface area contributed by atoms with E-state index in [0.717, 1.165) is 23.1 Å². The number of nitrogens with zero attached hydrogens (tertiary/aromatic N) is 1. The first-order valence-corrected chi connectivity index (χ1v) is 6.23. The van der Waals surface area contributed by atoms with E-state index in [2.05, 4.69) is 0 Å². The molecule has 0 bridgehead atoms. The van der Waals surface area contributed by atoms with Crippen molar-refractivity contribution in [3.05, 3.63) is 35.4 Å². The summed E-state index contributed by atoms with van der Waals surface area (Å²) in [6, 6.07) is 2.24. The lowest BCUT2D eigenvalue weighted by Crippen LogP contribution is -2.53.